The zero-order chi connectivity index (χ0) is 24.4. The molecule has 0 aliphatic heterocycles. The summed E-state index contributed by atoms with van der Waals surface area (Å²) in [7, 11) is 0. The number of amides is 2. The molecule has 2 amide bonds. The van der Waals surface area contributed by atoms with Crippen molar-refractivity contribution < 1.29 is 14.0 Å². The van der Waals surface area contributed by atoms with E-state index in [9.17, 15) is 14.0 Å². The molecule has 5 aromatic rings. The monoisotopic (exact) mass is 533 g/mol. The first-order chi connectivity index (χ1) is 17.0. The van der Waals surface area contributed by atoms with Crippen LogP contribution in [0.1, 0.15) is 16.1 Å². The van der Waals surface area contributed by atoms with E-state index in [1.54, 1.807) is 48.5 Å². The topological polar surface area (TPSA) is 128 Å². The van der Waals surface area contributed by atoms with E-state index in [-0.39, 0.29) is 24.1 Å². The Hall–Kier alpha value is -4.38. The van der Waals surface area contributed by atoms with Gasteiger partial charge in [-0.2, -0.15) is 5.21 Å². The number of hydrogen-bond acceptors (Lipinski definition) is 5. The van der Waals surface area contributed by atoms with E-state index < -0.39 is 0 Å². The number of nitrogens with one attached hydrogen (secondary N) is 4. The number of halogens is 2. The first-order valence-corrected chi connectivity index (χ1v) is 11.3. The summed E-state index contributed by atoms with van der Waals surface area (Å²) in [5.41, 5.74) is 3.23. The molecule has 3 aromatic carbocycles. The van der Waals surface area contributed by atoms with E-state index in [1.165, 1.54) is 12.1 Å². The summed E-state index contributed by atoms with van der Waals surface area (Å²) in [6.07, 6.45) is 0.0904. The van der Waals surface area contributed by atoms with Crippen LogP contribution in [-0.2, 0) is 11.2 Å². The van der Waals surface area contributed by atoms with E-state index in [4.69, 9.17) is 0 Å². The summed E-state index contributed by atoms with van der Waals surface area (Å²) in [4.78, 5) is 28.7. The van der Waals surface area contributed by atoms with Crippen molar-refractivity contribution in [3.63, 3.8) is 0 Å². The minimum absolute atomic E-state index is 0.0904. The predicted molar refractivity (Wildman–Crippen MR) is 132 cm³/mol. The van der Waals surface area contributed by atoms with E-state index in [0.717, 1.165) is 9.86 Å². The normalized spacial score (nSPS) is 10.9. The van der Waals surface area contributed by atoms with Gasteiger partial charge in [0.15, 0.2) is 0 Å². The number of rotatable bonds is 6. The Morgan fingerprint density at radius 1 is 0.971 bits per heavy atom. The van der Waals surface area contributed by atoms with Crippen LogP contribution in [-0.4, -0.2) is 37.4 Å². The highest BCUT2D eigenvalue weighted by Gasteiger charge is 2.17. The van der Waals surface area contributed by atoms with Crippen molar-refractivity contribution in [2.45, 2.75) is 6.42 Å². The molecule has 5 rings (SSSR count). The number of carbonyl (C=O) groups excluding carboxylic acids is 2. The molecule has 0 saturated carbocycles. The second kappa shape index (κ2) is 9.47. The van der Waals surface area contributed by atoms with Gasteiger partial charge in [0, 0.05) is 15.4 Å². The van der Waals surface area contributed by atoms with Gasteiger partial charge in [-0.05, 0) is 53.2 Å². The molecule has 4 N–H and O–H groups in total. The number of nitrogens with zero attached hydrogens (tertiary/aromatic N) is 3. The van der Waals surface area contributed by atoms with Crippen LogP contribution in [0, 0.1) is 5.82 Å². The molecule has 0 unspecified atom stereocenters. The summed E-state index contributed by atoms with van der Waals surface area (Å²) in [5, 5.41) is 20.4. The lowest BCUT2D eigenvalue weighted by Gasteiger charge is -2.09. The van der Waals surface area contributed by atoms with Crippen molar-refractivity contribution in [2.75, 3.05) is 10.6 Å². The van der Waals surface area contributed by atoms with E-state index in [1.807, 2.05) is 6.07 Å². The maximum atomic E-state index is 13.1. The molecule has 0 bridgehead atoms. The molecule has 0 spiro atoms. The molecule has 0 fully saturated rings. The minimum atomic E-state index is -0.378. The maximum absolute atomic E-state index is 13.1. The fourth-order valence-electron chi connectivity index (χ4n) is 3.64. The summed E-state index contributed by atoms with van der Waals surface area (Å²) >= 11 is 3.41. The standard InChI is InChI=1S/C24H17BrFN7O2/c25-15-6-9-18(17(12-15)23-30-32-33-31-23)29-24(35)20-11-14-2-1-3-19(22(14)28-20)27-21(34)10-13-4-7-16(26)8-5-13/h1-9,11-12,28H,10H2,(H,27,34)(H,29,35)(H,30,31,32,33). The average molecular weight is 534 g/mol. The second-order valence-electron chi connectivity index (χ2n) is 7.68. The molecular weight excluding hydrogens is 517 g/mol. The zero-order valence-corrected chi connectivity index (χ0v) is 19.6. The number of aromatic nitrogens is 5. The van der Waals surface area contributed by atoms with Crippen LogP contribution in [0.3, 0.4) is 0 Å². The summed E-state index contributed by atoms with van der Waals surface area (Å²) < 4.78 is 13.9. The third kappa shape index (κ3) is 4.94. The van der Waals surface area contributed by atoms with Crippen LogP contribution < -0.4 is 10.6 Å². The minimum Gasteiger partial charge on any atom is -0.349 e. The van der Waals surface area contributed by atoms with Gasteiger partial charge >= 0.3 is 0 Å². The lowest BCUT2D eigenvalue weighted by Crippen LogP contribution is -2.15. The predicted octanol–water partition coefficient (Wildman–Crippen LogP) is 4.68. The fraction of sp³-hybridized carbons (Fsp3) is 0.0417. The summed E-state index contributed by atoms with van der Waals surface area (Å²) in [5.74, 6) is -0.658. The molecule has 0 aliphatic rings. The van der Waals surface area contributed by atoms with Gasteiger partial charge in [-0.3, -0.25) is 9.59 Å². The third-order valence-corrected chi connectivity index (χ3v) is 5.76. The first-order valence-electron chi connectivity index (χ1n) is 10.5. The number of tetrazole rings is 1. The Labute approximate surface area is 206 Å². The number of H-pyrrole nitrogens is 2. The van der Waals surface area contributed by atoms with Crippen molar-refractivity contribution in [1.82, 2.24) is 25.6 Å². The van der Waals surface area contributed by atoms with Gasteiger partial charge in [0.2, 0.25) is 11.7 Å². The highest BCUT2D eigenvalue weighted by Crippen LogP contribution is 2.29. The van der Waals surface area contributed by atoms with Crippen molar-refractivity contribution in [1.29, 1.82) is 0 Å². The Morgan fingerprint density at radius 2 is 1.80 bits per heavy atom. The van der Waals surface area contributed by atoms with Gasteiger partial charge in [-0.1, -0.05) is 40.2 Å². The number of benzene rings is 3. The van der Waals surface area contributed by atoms with Crippen molar-refractivity contribution in [2.24, 2.45) is 0 Å². The maximum Gasteiger partial charge on any atom is 0.272 e. The SMILES string of the molecule is O=C(Cc1ccc(F)cc1)Nc1cccc2cc(C(=O)Nc3ccc(Br)cc3-c3nn[nH]n3)[nH]c12. The number of anilines is 2. The van der Waals surface area contributed by atoms with Crippen LogP contribution >= 0.6 is 15.9 Å². The molecule has 2 aromatic heterocycles. The van der Waals surface area contributed by atoms with E-state index in [2.05, 4.69) is 52.2 Å². The molecule has 35 heavy (non-hydrogen) atoms. The van der Waals surface area contributed by atoms with Gasteiger partial charge in [-0.25, -0.2) is 4.39 Å². The summed E-state index contributed by atoms with van der Waals surface area (Å²) in [6, 6.07) is 18.1. The highest BCUT2D eigenvalue weighted by atomic mass is 79.9. The molecule has 0 saturated heterocycles. The number of hydrogen-bond donors (Lipinski definition) is 4. The van der Waals surface area contributed by atoms with E-state index in [0.29, 0.717) is 39.5 Å². The lowest BCUT2D eigenvalue weighted by atomic mass is 10.1. The van der Waals surface area contributed by atoms with Crippen molar-refractivity contribution in [3.8, 4) is 11.4 Å². The largest absolute Gasteiger partial charge is 0.349 e. The van der Waals surface area contributed by atoms with Crippen LogP contribution in [0.4, 0.5) is 15.8 Å². The second-order valence-corrected chi connectivity index (χ2v) is 8.60. The van der Waals surface area contributed by atoms with Crippen LogP contribution in [0.15, 0.2) is 71.2 Å². The molecule has 0 aliphatic carbocycles. The molecule has 2 heterocycles. The number of fused-ring (bicyclic) bond motifs is 1. The third-order valence-electron chi connectivity index (χ3n) is 5.27. The van der Waals surface area contributed by atoms with Crippen LogP contribution in [0.2, 0.25) is 0 Å². The van der Waals surface area contributed by atoms with Crippen molar-refractivity contribution in [3.05, 3.63) is 88.3 Å². The van der Waals surface area contributed by atoms with Gasteiger partial charge in [0.1, 0.15) is 11.5 Å². The fourth-order valence-corrected chi connectivity index (χ4v) is 4.00. The molecule has 11 heteroatoms. The Morgan fingerprint density at radius 3 is 2.57 bits per heavy atom. The molecule has 174 valence electrons. The number of aromatic amines is 2. The van der Waals surface area contributed by atoms with Gasteiger partial charge < -0.3 is 15.6 Å². The Bertz CT molecular complexity index is 1530. The smallest absolute Gasteiger partial charge is 0.272 e. The number of carbonyl (C=O) groups is 2. The number of para-hydroxylation sites is 1. The van der Waals surface area contributed by atoms with Crippen molar-refractivity contribution >= 4 is 50.0 Å². The van der Waals surface area contributed by atoms with Gasteiger partial charge in [0.05, 0.1) is 23.3 Å². The van der Waals surface area contributed by atoms with Gasteiger partial charge in [0.25, 0.3) is 5.91 Å². The zero-order valence-electron chi connectivity index (χ0n) is 18.0. The Kier molecular flexibility index (Phi) is 6.06. The molecular formula is C24H17BrFN7O2. The Balaban J connectivity index is 1.37. The van der Waals surface area contributed by atoms with Gasteiger partial charge in [-0.15, -0.1) is 10.2 Å². The highest BCUT2D eigenvalue weighted by molar-refractivity contribution is 9.10. The summed E-state index contributed by atoms with van der Waals surface area (Å²) in [6.45, 7) is 0. The average Bonchev–Trinajstić information content (AvgIpc) is 3.52. The lowest BCUT2D eigenvalue weighted by molar-refractivity contribution is -0.115. The molecule has 9 nitrogen and oxygen atoms in total. The van der Waals surface area contributed by atoms with Crippen LogP contribution in [0.25, 0.3) is 22.3 Å². The quantitative estimate of drug-likeness (QED) is 0.252. The first kappa shape index (κ1) is 22.4. The van der Waals surface area contributed by atoms with E-state index >= 15 is 0 Å². The molecule has 0 radical (unpaired) electrons. The molecule has 0 atom stereocenters. The van der Waals surface area contributed by atoms with Crippen LogP contribution in [0.5, 0.6) is 0 Å².